The Morgan fingerprint density at radius 1 is 0.634 bits per heavy atom. The second kappa shape index (κ2) is 17.6. The van der Waals surface area contributed by atoms with Crippen molar-refractivity contribution in [1.82, 2.24) is 4.90 Å². The van der Waals surface area contributed by atoms with Crippen molar-refractivity contribution in [3.8, 4) is 0 Å². The molecule has 0 N–H and O–H groups in total. The lowest BCUT2D eigenvalue weighted by Crippen LogP contribution is -2.66. The van der Waals surface area contributed by atoms with Crippen LogP contribution in [-0.4, -0.2) is 98.0 Å². The molecular formula is C32H51NO7Si. The van der Waals surface area contributed by atoms with E-state index in [1.807, 2.05) is 32.9 Å². The molecule has 9 heteroatoms. The van der Waals surface area contributed by atoms with Crippen molar-refractivity contribution in [3.05, 3.63) is 60.7 Å². The van der Waals surface area contributed by atoms with Gasteiger partial charge >= 0.3 is 6.09 Å². The van der Waals surface area contributed by atoms with E-state index in [0.29, 0.717) is 66.0 Å². The normalized spacial score (nSPS) is 12.4. The molecule has 0 atom stereocenters. The standard InChI is InChI=1S/C32H51NO7Si/c1-31(2,3)40-30(34)33(7)18-19-35-20-21-36-22-23-37-24-25-38-26-27-39-41(32(4,5)6,28-14-10-8-11-15-28)29-16-12-9-13-17-29/h8-17H,18-27H2,1-7H3. The van der Waals surface area contributed by atoms with Gasteiger partial charge in [0.05, 0.1) is 59.5 Å². The molecule has 2 rings (SSSR count). The first-order valence-corrected chi connectivity index (χ1v) is 16.4. The predicted octanol–water partition coefficient (Wildman–Crippen LogP) is 4.50. The van der Waals surface area contributed by atoms with Gasteiger partial charge in [0.1, 0.15) is 5.60 Å². The summed E-state index contributed by atoms with van der Waals surface area (Å²) in [4.78, 5) is 13.4. The van der Waals surface area contributed by atoms with Crippen molar-refractivity contribution >= 4 is 24.8 Å². The van der Waals surface area contributed by atoms with E-state index in [2.05, 4.69) is 69.3 Å². The fourth-order valence-electron chi connectivity index (χ4n) is 4.41. The van der Waals surface area contributed by atoms with E-state index in [-0.39, 0.29) is 11.1 Å². The number of likely N-dealkylation sites (N-methyl/N-ethyl adjacent to an activating group) is 1. The summed E-state index contributed by atoms with van der Waals surface area (Å²) in [6, 6.07) is 21.2. The fraction of sp³-hybridized carbons (Fsp3) is 0.594. The zero-order valence-corrected chi connectivity index (χ0v) is 27.1. The van der Waals surface area contributed by atoms with Crippen molar-refractivity contribution in [2.24, 2.45) is 0 Å². The number of carbonyl (C=O) groups excluding carboxylic acids is 1. The van der Waals surface area contributed by atoms with E-state index in [4.69, 9.17) is 28.1 Å². The predicted molar refractivity (Wildman–Crippen MR) is 166 cm³/mol. The Hall–Kier alpha value is -2.27. The van der Waals surface area contributed by atoms with Crippen molar-refractivity contribution in [1.29, 1.82) is 0 Å². The molecule has 0 saturated carbocycles. The highest BCUT2D eigenvalue weighted by Crippen LogP contribution is 2.36. The van der Waals surface area contributed by atoms with E-state index in [1.165, 1.54) is 15.3 Å². The van der Waals surface area contributed by atoms with Gasteiger partial charge < -0.3 is 33.0 Å². The van der Waals surface area contributed by atoms with Gasteiger partial charge in [-0.2, -0.15) is 0 Å². The van der Waals surface area contributed by atoms with Crippen LogP contribution in [0, 0.1) is 0 Å². The molecule has 0 heterocycles. The summed E-state index contributed by atoms with van der Waals surface area (Å²) in [7, 11) is -0.840. The minimum absolute atomic E-state index is 0.0553. The maximum Gasteiger partial charge on any atom is 0.410 e. The molecule has 230 valence electrons. The SMILES string of the molecule is CN(CCOCCOCCOCCOCCO[Si](c1ccccc1)(c1ccccc1)C(C)(C)C)C(=O)OC(C)(C)C. The molecule has 0 aliphatic rings. The molecule has 0 aliphatic carbocycles. The van der Waals surface area contributed by atoms with E-state index < -0.39 is 13.9 Å². The monoisotopic (exact) mass is 589 g/mol. The molecule has 0 aliphatic heterocycles. The van der Waals surface area contributed by atoms with Crippen molar-refractivity contribution < 1.29 is 32.9 Å². The van der Waals surface area contributed by atoms with Gasteiger partial charge in [0, 0.05) is 13.6 Å². The Morgan fingerprint density at radius 2 is 1.02 bits per heavy atom. The molecule has 1 amide bonds. The summed E-state index contributed by atoms with van der Waals surface area (Å²) in [5.74, 6) is 0. The number of nitrogens with zero attached hydrogens (tertiary/aromatic N) is 1. The van der Waals surface area contributed by atoms with Crippen LogP contribution in [-0.2, 0) is 28.1 Å². The van der Waals surface area contributed by atoms with Crippen LogP contribution < -0.4 is 10.4 Å². The molecule has 0 radical (unpaired) electrons. The van der Waals surface area contributed by atoms with Crippen LogP contribution in [0.3, 0.4) is 0 Å². The molecule has 0 bridgehead atoms. The lowest BCUT2D eigenvalue weighted by atomic mass is 10.2. The largest absolute Gasteiger partial charge is 0.444 e. The van der Waals surface area contributed by atoms with Crippen LogP contribution in [0.15, 0.2) is 60.7 Å². The first-order valence-electron chi connectivity index (χ1n) is 14.5. The van der Waals surface area contributed by atoms with Crippen LogP contribution in [0.2, 0.25) is 5.04 Å². The maximum atomic E-state index is 11.9. The summed E-state index contributed by atoms with van der Waals surface area (Å²) >= 11 is 0. The van der Waals surface area contributed by atoms with Gasteiger partial charge in [-0.15, -0.1) is 0 Å². The van der Waals surface area contributed by atoms with Crippen LogP contribution >= 0.6 is 0 Å². The van der Waals surface area contributed by atoms with Gasteiger partial charge in [0.15, 0.2) is 0 Å². The van der Waals surface area contributed by atoms with Crippen LogP contribution in [0.4, 0.5) is 4.79 Å². The Labute approximate surface area is 248 Å². The number of amides is 1. The third-order valence-corrected chi connectivity index (χ3v) is 11.4. The topological polar surface area (TPSA) is 75.7 Å². The van der Waals surface area contributed by atoms with Crippen molar-refractivity contribution in [2.75, 3.05) is 73.1 Å². The third kappa shape index (κ3) is 12.2. The summed E-state index contributed by atoms with van der Waals surface area (Å²) in [6.07, 6.45) is -0.356. The quantitative estimate of drug-likeness (QED) is 0.187. The highest BCUT2D eigenvalue weighted by atomic mass is 28.4. The minimum Gasteiger partial charge on any atom is -0.444 e. The summed E-state index contributed by atoms with van der Waals surface area (Å²) in [6.45, 7) is 17.1. The average Bonchev–Trinajstić information content (AvgIpc) is 2.92. The molecule has 41 heavy (non-hydrogen) atoms. The first-order chi connectivity index (χ1) is 19.5. The Balaban J connectivity index is 1.58. The molecule has 0 fully saturated rings. The second-order valence-corrected chi connectivity index (χ2v) is 16.2. The Morgan fingerprint density at radius 3 is 1.41 bits per heavy atom. The lowest BCUT2D eigenvalue weighted by Gasteiger charge is -2.43. The van der Waals surface area contributed by atoms with Crippen molar-refractivity contribution in [2.45, 2.75) is 52.2 Å². The van der Waals surface area contributed by atoms with E-state index >= 15 is 0 Å². The highest BCUT2D eigenvalue weighted by Gasteiger charge is 2.50. The molecule has 0 aromatic heterocycles. The molecule has 0 spiro atoms. The average molecular weight is 590 g/mol. The van der Waals surface area contributed by atoms with Gasteiger partial charge in [0.25, 0.3) is 8.32 Å². The summed E-state index contributed by atoms with van der Waals surface area (Å²) in [5.41, 5.74) is -0.506. The molecule has 8 nitrogen and oxygen atoms in total. The van der Waals surface area contributed by atoms with Gasteiger partial charge in [-0.1, -0.05) is 81.4 Å². The van der Waals surface area contributed by atoms with Gasteiger partial charge in [-0.3, -0.25) is 0 Å². The fourth-order valence-corrected chi connectivity index (χ4v) is 8.95. The number of benzene rings is 2. The smallest absolute Gasteiger partial charge is 0.410 e. The van der Waals surface area contributed by atoms with Crippen LogP contribution in [0.5, 0.6) is 0 Å². The molecule has 0 saturated heterocycles. The molecule has 2 aromatic rings. The summed E-state index contributed by atoms with van der Waals surface area (Å²) in [5, 5.41) is 2.47. The maximum absolute atomic E-state index is 11.9. The van der Waals surface area contributed by atoms with E-state index in [1.54, 1.807) is 7.05 Å². The number of ether oxygens (including phenoxy) is 5. The second-order valence-electron chi connectivity index (χ2n) is 11.9. The van der Waals surface area contributed by atoms with E-state index in [9.17, 15) is 4.79 Å². The first kappa shape index (κ1) is 34.9. The molecule has 2 aromatic carbocycles. The third-order valence-electron chi connectivity index (χ3n) is 6.36. The summed E-state index contributed by atoms with van der Waals surface area (Å²) < 4.78 is 34.6. The number of hydrogen-bond donors (Lipinski definition) is 0. The number of rotatable bonds is 18. The van der Waals surface area contributed by atoms with Crippen LogP contribution in [0.25, 0.3) is 0 Å². The highest BCUT2D eigenvalue weighted by molar-refractivity contribution is 6.99. The minimum atomic E-state index is -2.53. The Bertz CT molecular complexity index is 938. The zero-order chi connectivity index (χ0) is 30.2. The van der Waals surface area contributed by atoms with Gasteiger partial charge in [-0.25, -0.2) is 4.79 Å². The number of carbonyl (C=O) groups is 1. The van der Waals surface area contributed by atoms with Gasteiger partial charge in [-0.05, 0) is 36.2 Å². The van der Waals surface area contributed by atoms with Gasteiger partial charge in [0.2, 0.25) is 0 Å². The molecule has 0 unspecified atom stereocenters. The van der Waals surface area contributed by atoms with Crippen LogP contribution in [0.1, 0.15) is 41.5 Å². The van der Waals surface area contributed by atoms with E-state index in [0.717, 1.165) is 0 Å². The zero-order valence-electron chi connectivity index (χ0n) is 26.1. The Kier molecular flexibility index (Phi) is 15.0. The number of hydrogen-bond acceptors (Lipinski definition) is 7. The van der Waals surface area contributed by atoms with Crippen molar-refractivity contribution in [3.63, 3.8) is 0 Å². The molecular weight excluding hydrogens is 538 g/mol. The lowest BCUT2D eigenvalue weighted by molar-refractivity contribution is -0.00805.